The van der Waals surface area contributed by atoms with Crippen LogP contribution >= 0.6 is 35.4 Å². The van der Waals surface area contributed by atoms with Crippen molar-refractivity contribution < 1.29 is 9.18 Å². The maximum atomic E-state index is 13.6. The summed E-state index contributed by atoms with van der Waals surface area (Å²) in [6.45, 7) is 0. The molecule has 1 aromatic heterocycles. The first-order valence-electron chi connectivity index (χ1n) is 4.11. The molecule has 0 saturated carbocycles. The predicted octanol–water partition coefficient (Wildman–Crippen LogP) is 2.07. The highest BCUT2D eigenvalue weighted by molar-refractivity contribution is 7.80. The molecule has 0 aromatic carbocycles. The standard InChI is InChI=1S/C8H4Cl2FN3OS/c9-6-3-2(1-15)12-8(16)13-5(3)4(11)7(10)14-6/h1-2H,(H2,12,13,16). The highest BCUT2D eigenvalue weighted by Crippen LogP contribution is 2.36. The van der Waals surface area contributed by atoms with E-state index in [0.717, 1.165) is 0 Å². The van der Waals surface area contributed by atoms with E-state index in [1.165, 1.54) is 0 Å². The Balaban J connectivity index is 2.70. The smallest absolute Gasteiger partial charge is 0.184 e. The molecule has 2 rings (SSSR count). The third-order valence-corrected chi connectivity index (χ3v) is 2.82. The molecule has 0 fully saturated rings. The first-order chi connectivity index (χ1) is 7.54. The van der Waals surface area contributed by atoms with Crippen LogP contribution in [0, 0.1) is 5.82 Å². The average Bonchev–Trinajstić information content (AvgIpc) is 2.24. The Labute approximate surface area is 105 Å². The van der Waals surface area contributed by atoms with Crippen molar-refractivity contribution in [3.63, 3.8) is 0 Å². The van der Waals surface area contributed by atoms with Crippen LogP contribution in [0.5, 0.6) is 0 Å². The molecule has 8 heteroatoms. The molecule has 1 unspecified atom stereocenters. The number of nitrogens with one attached hydrogen (secondary N) is 2. The van der Waals surface area contributed by atoms with E-state index in [4.69, 9.17) is 35.4 Å². The zero-order valence-corrected chi connectivity index (χ0v) is 9.88. The summed E-state index contributed by atoms with van der Waals surface area (Å²) in [6.07, 6.45) is 0.562. The maximum absolute atomic E-state index is 13.6. The Morgan fingerprint density at radius 1 is 1.44 bits per heavy atom. The van der Waals surface area contributed by atoms with Gasteiger partial charge in [-0.2, -0.15) is 0 Å². The fourth-order valence-corrected chi connectivity index (χ4v) is 2.14. The number of aldehydes is 1. The van der Waals surface area contributed by atoms with Gasteiger partial charge in [0.05, 0.1) is 5.69 Å². The van der Waals surface area contributed by atoms with Crippen molar-refractivity contribution in [2.75, 3.05) is 5.32 Å². The Kier molecular flexibility index (Phi) is 2.96. The SMILES string of the molecule is O=CC1NC(=S)Nc2c(F)c(Cl)nc(Cl)c21. The summed E-state index contributed by atoms with van der Waals surface area (Å²) in [4.78, 5) is 14.4. The van der Waals surface area contributed by atoms with Crippen LogP contribution in [0.1, 0.15) is 11.6 Å². The molecule has 2 heterocycles. The van der Waals surface area contributed by atoms with Gasteiger partial charge in [0.1, 0.15) is 17.5 Å². The molecule has 1 aromatic rings. The molecule has 0 bridgehead atoms. The third-order valence-electron chi connectivity index (χ3n) is 2.06. The molecule has 1 aliphatic rings. The number of hydrogen-bond donors (Lipinski definition) is 2. The second-order valence-electron chi connectivity index (χ2n) is 3.01. The van der Waals surface area contributed by atoms with Crippen LogP contribution in [0.15, 0.2) is 0 Å². The maximum Gasteiger partial charge on any atom is 0.184 e. The van der Waals surface area contributed by atoms with Gasteiger partial charge in [-0.25, -0.2) is 9.37 Å². The van der Waals surface area contributed by atoms with Gasteiger partial charge in [0.25, 0.3) is 0 Å². The summed E-state index contributed by atoms with van der Waals surface area (Å²) in [5.41, 5.74) is 0.193. The summed E-state index contributed by atoms with van der Waals surface area (Å²) in [7, 11) is 0. The lowest BCUT2D eigenvalue weighted by atomic mass is 10.1. The highest BCUT2D eigenvalue weighted by Gasteiger charge is 2.29. The summed E-state index contributed by atoms with van der Waals surface area (Å²) in [6, 6.07) is -0.824. The van der Waals surface area contributed by atoms with E-state index in [1.54, 1.807) is 0 Å². The molecular weight excluding hydrogens is 276 g/mol. The normalized spacial score (nSPS) is 18.4. The summed E-state index contributed by atoms with van der Waals surface area (Å²) >= 11 is 16.1. The molecule has 0 amide bonds. The van der Waals surface area contributed by atoms with Crippen molar-refractivity contribution >= 4 is 52.5 Å². The Bertz CT molecular complexity index is 497. The first-order valence-corrected chi connectivity index (χ1v) is 5.28. The van der Waals surface area contributed by atoms with Crippen LogP contribution in [-0.4, -0.2) is 16.4 Å². The largest absolute Gasteiger partial charge is 0.349 e. The van der Waals surface area contributed by atoms with Crippen LogP contribution in [-0.2, 0) is 4.79 Å². The number of carbonyl (C=O) groups is 1. The van der Waals surface area contributed by atoms with E-state index in [1.807, 2.05) is 0 Å². The molecule has 0 spiro atoms. The van der Waals surface area contributed by atoms with E-state index < -0.39 is 11.9 Å². The van der Waals surface area contributed by atoms with Crippen molar-refractivity contribution in [3.8, 4) is 0 Å². The fraction of sp³-hybridized carbons (Fsp3) is 0.125. The van der Waals surface area contributed by atoms with Gasteiger partial charge in [-0.15, -0.1) is 0 Å². The molecule has 0 aliphatic carbocycles. The highest BCUT2D eigenvalue weighted by atomic mass is 35.5. The molecule has 4 nitrogen and oxygen atoms in total. The lowest BCUT2D eigenvalue weighted by Gasteiger charge is -2.26. The second-order valence-corrected chi connectivity index (χ2v) is 4.13. The van der Waals surface area contributed by atoms with Crippen molar-refractivity contribution in [1.29, 1.82) is 0 Å². The zero-order chi connectivity index (χ0) is 11.9. The molecule has 0 saturated heterocycles. The van der Waals surface area contributed by atoms with Gasteiger partial charge in [-0.1, -0.05) is 23.2 Å². The number of carbonyl (C=O) groups excluding carboxylic acids is 1. The number of hydrogen-bond acceptors (Lipinski definition) is 3. The van der Waals surface area contributed by atoms with E-state index in [2.05, 4.69) is 15.6 Å². The van der Waals surface area contributed by atoms with Gasteiger partial charge in [0, 0.05) is 5.56 Å². The van der Waals surface area contributed by atoms with E-state index in [9.17, 15) is 9.18 Å². The molecule has 16 heavy (non-hydrogen) atoms. The van der Waals surface area contributed by atoms with Gasteiger partial charge >= 0.3 is 0 Å². The van der Waals surface area contributed by atoms with Gasteiger partial charge < -0.3 is 15.4 Å². The van der Waals surface area contributed by atoms with Crippen LogP contribution in [0.25, 0.3) is 0 Å². The third kappa shape index (κ3) is 1.73. The quantitative estimate of drug-likeness (QED) is 0.468. The number of pyridine rings is 1. The number of halogens is 3. The van der Waals surface area contributed by atoms with Gasteiger partial charge in [-0.05, 0) is 12.2 Å². The summed E-state index contributed by atoms with van der Waals surface area (Å²) in [5, 5.41) is 4.90. The van der Waals surface area contributed by atoms with Gasteiger partial charge in [0.2, 0.25) is 0 Å². The molecule has 84 valence electrons. The minimum absolute atomic E-state index is 0.00847. The minimum atomic E-state index is -0.824. The van der Waals surface area contributed by atoms with E-state index >= 15 is 0 Å². The summed E-state index contributed by atoms with van der Waals surface area (Å²) in [5.74, 6) is -0.781. The Morgan fingerprint density at radius 3 is 2.75 bits per heavy atom. The lowest BCUT2D eigenvalue weighted by molar-refractivity contribution is -0.109. The molecular formula is C8H4Cl2FN3OS. The van der Waals surface area contributed by atoms with Crippen LogP contribution in [0.2, 0.25) is 10.3 Å². The number of thiocarbonyl (C=S) groups is 1. The number of rotatable bonds is 1. The first kappa shape index (κ1) is 11.5. The fourth-order valence-electron chi connectivity index (χ4n) is 1.39. The van der Waals surface area contributed by atoms with E-state index in [0.29, 0.717) is 6.29 Å². The topological polar surface area (TPSA) is 54.0 Å². The number of fused-ring (bicyclic) bond motifs is 1. The lowest BCUT2D eigenvalue weighted by Crippen LogP contribution is -2.39. The molecule has 1 atom stereocenters. The Morgan fingerprint density at radius 2 is 2.12 bits per heavy atom. The van der Waals surface area contributed by atoms with Crippen molar-refractivity contribution in [2.24, 2.45) is 0 Å². The predicted molar refractivity (Wildman–Crippen MR) is 62.4 cm³/mol. The molecule has 2 N–H and O–H groups in total. The zero-order valence-electron chi connectivity index (χ0n) is 7.55. The van der Waals surface area contributed by atoms with Crippen molar-refractivity contribution in [1.82, 2.24) is 10.3 Å². The van der Waals surface area contributed by atoms with E-state index in [-0.39, 0.29) is 26.7 Å². The average molecular weight is 280 g/mol. The van der Waals surface area contributed by atoms with Crippen molar-refractivity contribution in [3.05, 3.63) is 21.7 Å². The van der Waals surface area contributed by atoms with Gasteiger partial charge in [-0.3, -0.25) is 0 Å². The van der Waals surface area contributed by atoms with Crippen molar-refractivity contribution in [2.45, 2.75) is 6.04 Å². The minimum Gasteiger partial charge on any atom is -0.349 e. The van der Waals surface area contributed by atoms with Crippen LogP contribution in [0.4, 0.5) is 10.1 Å². The number of aromatic nitrogens is 1. The van der Waals surface area contributed by atoms with Crippen LogP contribution < -0.4 is 10.6 Å². The molecule has 1 aliphatic heterocycles. The van der Waals surface area contributed by atoms with Crippen LogP contribution in [0.3, 0.4) is 0 Å². The second kappa shape index (κ2) is 4.12. The summed E-state index contributed by atoms with van der Waals surface area (Å²) < 4.78 is 13.6. The molecule has 0 radical (unpaired) electrons. The monoisotopic (exact) mass is 279 g/mol. The number of nitrogens with zero attached hydrogens (tertiary/aromatic N) is 1. The Hall–Kier alpha value is -0.980. The van der Waals surface area contributed by atoms with Gasteiger partial charge in [0.15, 0.2) is 16.1 Å². The number of anilines is 1.